The molecule has 1 fully saturated rings. The summed E-state index contributed by atoms with van der Waals surface area (Å²) in [6, 6.07) is 8.82. The number of halogens is 1. The van der Waals surface area contributed by atoms with Crippen molar-refractivity contribution in [3.05, 3.63) is 67.5 Å². The fourth-order valence-electron chi connectivity index (χ4n) is 4.07. The predicted octanol–water partition coefficient (Wildman–Crippen LogP) is 4.94. The first-order chi connectivity index (χ1) is 15.9. The van der Waals surface area contributed by atoms with Crippen LogP contribution in [-0.2, 0) is 16.6 Å². The van der Waals surface area contributed by atoms with E-state index in [1.807, 2.05) is 29.6 Å². The van der Waals surface area contributed by atoms with Crippen LogP contribution in [0.5, 0.6) is 5.75 Å². The minimum atomic E-state index is -0.673. The molecule has 6 nitrogen and oxygen atoms in total. The quantitative estimate of drug-likeness (QED) is 0.473. The minimum Gasteiger partial charge on any atom is -0.502 e. The lowest BCUT2D eigenvalue weighted by Crippen LogP contribution is -2.39. The Morgan fingerprint density at radius 1 is 1.27 bits per heavy atom. The first-order valence-electron chi connectivity index (χ1n) is 10.8. The lowest BCUT2D eigenvalue weighted by Gasteiger charge is -2.35. The van der Waals surface area contributed by atoms with E-state index < -0.39 is 10.8 Å². The van der Waals surface area contributed by atoms with Crippen LogP contribution in [0.2, 0.25) is 5.02 Å². The molecule has 4 rings (SSSR count). The van der Waals surface area contributed by atoms with Gasteiger partial charge in [0, 0.05) is 46.8 Å². The second-order valence-electron chi connectivity index (χ2n) is 8.20. The molecule has 174 valence electrons. The van der Waals surface area contributed by atoms with E-state index in [1.54, 1.807) is 30.0 Å². The van der Waals surface area contributed by atoms with Gasteiger partial charge in [0.1, 0.15) is 5.76 Å². The summed E-state index contributed by atoms with van der Waals surface area (Å²) in [5.74, 6) is 1.87. The van der Waals surface area contributed by atoms with E-state index in [-0.39, 0.29) is 23.8 Å². The van der Waals surface area contributed by atoms with Gasteiger partial charge in [-0.15, -0.1) is 11.3 Å². The largest absolute Gasteiger partial charge is 0.502 e. The number of hydrogen-bond acceptors (Lipinski definition) is 7. The molecule has 1 amide bonds. The lowest BCUT2D eigenvalue weighted by atomic mass is 9.75. The zero-order valence-corrected chi connectivity index (χ0v) is 20.6. The van der Waals surface area contributed by atoms with Crippen LogP contribution in [0.15, 0.2) is 44.9 Å². The van der Waals surface area contributed by atoms with Gasteiger partial charge in [-0.25, -0.2) is 4.98 Å². The van der Waals surface area contributed by atoms with Crippen LogP contribution in [0, 0.1) is 6.92 Å². The van der Waals surface area contributed by atoms with E-state index >= 15 is 0 Å². The molecular formula is C24H25ClN2O4S2. The number of aromatic nitrogens is 1. The molecule has 0 spiro atoms. The fraction of sp³-hybridized carbons (Fsp3) is 0.375. The number of amides is 1. The number of aromatic hydroxyl groups is 1. The van der Waals surface area contributed by atoms with Gasteiger partial charge in [0.2, 0.25) is 17.1 Å². The molecule has 9 heteroatoms. The van der Waals surface area contributed by atoms with Gasteiger partial charge in [-0.2, -0.15) is 11.8 Å². The van der Waals surface area contributed by atoms with Crippen LogP contribution in [0.1, 0.15) is 35.8 Å². The maximum atomic E-state index is 12.9. The van der Waals surface area contributed by atoms with Crippen LogP contribution in [-0.4, -0.2) is 34.0 Å². The summed E-state index contributed by atoms with van der Waals surface area (Å²) in [7, 11) is 0. The van der Waals surface area contributed by atoms with Crippen LogP contribution in [0.3, 0.4) is 0 Å². The van der Waals surface area contributed by atoms with Crippen molar-refractivity contribution in [1.29, 1.82) is 0 Å². The summed E-state index contributed by atoms with van der Waals surface area (Å²) in [4.78, 5) is 29.7. The minimum absolute atomic E-state index is 0.125. The molecule has 0 radical (unpaired) electrons. The highest BCUT2D eigenvalue weighted by Gasteiger charge is 2.41. The first-order valence-corrected chi connectivity index (χ1v) is 13.2. The number of thiazole rings is 1. The summed E-state index contributed by atoms with van der Waals surface area (Å²) in [5, 5.41) is 17.0. The molecule has 2 N–H and O–H groups in total. The summed E-state index contributed by atoms with van der Waals surface area (Å²) < 4.78 is 5.80. The second-order valence-corrected chi connectivity index (χ2v) is 10.8. The molecule has 0 atom stereocenters. The van der Waals surface area contributed by atoms with E-state index in [4.69, 9.17) is 16.0 Å². The van der Waals surface area contributed by atoms with Crippen molar-refractivity contribution in [3.63, 3.8) is 0 Å². The maximum absolute atomic E-state index is 12.9. The number of aryl methyl sites for hydroxylation is 1. The van der Waals surface area contributed by atoms with Crippen molar-refractivity contribution in [2.45, 2.75) is 38.0 Å². The van der Waals surface area contributed by atoms with Crippen LogP contribution >= 0.6 is 34.7 Å². The summed E-state index contributed by atoms with van der Waals surface area (Å²) in [6.45, 7) is 2.14. The molecular weight excluding hydrogens is 480 g/mol. The van der Waals surface area contributed by atoms with Gasteiger partial charge < -0.3 is 14.8 Å². The Hall–Kier alpha value is -2.29. The van der Waals surface area contributed by atoms with Gasteiger partial charge in [-0.3, -0.25) is 9.59 Å². The Bertz CT molecular complexity index is 1180. The molecule has 1 aliphatic rings. The summed E-state index contributed by atoms with van der Waals surface area (Å²) >= 11 is 9.31. The topological polar surface area (TPSA) is 92.4 Å². The number of nitrogens with zero attached hydrogens (tertiary/aromatic N) is 1. The van der Waals surface area contributed by atoms with Gasteiger partial charge in [0.25, 0.3) is 0 Å². The van der Waals surface area contributed by atoms with Crippen molar-refractivity contribution < 1.29 is 14.3 Å². The number of rotatable bonds is 7. The van der Waals surface area contributed by atoms with E-state index in [9.17, 15) is 14.7 Å². The van der Waals surface area contributed by atoms with Gasteiger partial charge >= 0.3 is 0 Å². The molecule has 0 bridgehead atoms. The Balaban J connectivity index is 1.40. The maximum Gasteiger partial charge on any atom is 0.227 e. The zero-order valence-electron chi connectivity index (χ0n) is 18.2. The molecule has 3 heterocycles. The normalized spacial score (nSPS) is 15.3. The highest BCUT2D eigenvalue weighted by molar-refractivity contribution is 7.99. The molecule has 0 unspecified atom stereocenters. The highest BCUT2D eigenvalue weighted by Crippen LogP contribution is 2.44. The third-order valence-corrected chi connectivity index (χ3v) is 7.98. The summed E-state index contributed by atoms with van der Waals surface area (Å²) in [6.07, 6.45) is 2.13. The molecule has 1 aliphatic heterocycles. The molecule has 33 heavy (non-hydrogen) atoms. The monoisotopic (exact) mass is 504 g/mol. The third kappa shape index (κ3) is 5.62. The Labute approximate surface area is 205 Å². The zero-order chi connectivity index (χ0) is 23.4. The number of carbonyl (C=O) groups is 1. The number of thioether (sulfide) groups is 1. The average molecular weight is 505 g/mol. The third-order valence-electron chi connectivity index (χ3n) is 5.83. The van der Waals surface area contributed by atoms with Crippen LogP contribution < -0.4 is 10.7 Å². The number of hydrogen-bond donors (Lipinski definition) is 2. The number of carbonyl (C=O) groups excluding carboxylic acids is 1. The van der Waals surface area contributed by atoms with Gasteiger partial charge in [-0.05, 0) is 43.4 Å². The fourth-order valence-corrected chi connectivity index (χ4v) is 6.27. The van der Waals surface area contributed by atoms with Crippen molar-refractivity contribution in [2.24, 2.45) is 0 Å². The van der Waals surface area contributed by atoms with Crippen LogP contribution in [0.25, 0.3) is 11.3 Å². The van der Waals surface area contributed by atoms with Gasteiger partial charge in [0.15, 0.2) is 5.76 Å². The Morgan fingerprint density at radius 2 is 2.00 bits per heavy atom. The van der Waals surface area contributed by atoms with Crippen molar-refractivity contribution in [3.8, 4) is 17.0 Å². The van der Waals surface area contributed by atoms with Crippen LogP contribution in [0.4, 0.5) is 0 Å². The Morgan fingerprint density at radius 3 is 2.73 bits per heavy atom. The van der Waals surface area contributed by atoms with Crippen molar-refractivity contribution in [1.82, 2.24) is 10.3 Å². The number of nitrogens with one attached hydrogen (secondary N) is 1. The van der Waals surface area contributed by atoms with E-state index in [2.05, 4.69) is 10.3 Å². The average Bonchev–Trinajstić information content (AvgIpc) is 3.26. The van der Waals surface area contributed by atoms with E-state index in [0.29, 0.717) is 36.6 Å². The molecule has 3 aromatic rings. The van der Waals surface area contributed by atoms with E-state index in [0.717, 1.165) is 27.8 Å². The lowest BCUT2D eigenvalue weighted by molar-refractivity contribution is -0.122. The summed E-state index contributed by atoms with van der Waals surface area (Å²) in [5.41, 5.74) is 0.754. The molecule has 0 saturated carbocycles. The standard InChI is InChI=1S/C24H25ClN2O4S2/c1-15-12-19(28)22(30)23(31-15)24(7-10-32-11-8-24)13-20(29)26-9-6-21-27-18(14-33-21)16-2-4-17(25)5-3-16/h2-5,12,14,30H,6-11,13H2,1H3,(H,26,29). The second kappa shape index (κ2) is 10.3. The molecule has 1 aromatic carbocycles. The van der Waals surface area contributed by atoms with Gasteiger partial charge in [0.05, 0.1) is 10.7 Å². The molecule has 2 aromatic heterocycles. The SMILES string of the molecule is Cc1cc(=O)c(O)c(C2(CC(=O)NCCc3nc(-c4ccc(Cl)cc4)cs3)CCSCC2)o1. The smallest absolute Gasteiger partial charge is 0.227 e. The highest BCUT2D eigenvalue weighted by atomic mass is 35.5. The predicted molar refractivity (Wildman–Crippen MR) is 134 cm³/mol. The van der Waals surface area contributed by atoms with Gasteiger partial charge in [-0.1, -0.05) is 23.7 Å². The molecule has 0 aliphatic carbocycles. The van der Waals surface area contributed by atoms with E-state index in [1.165, 1.54) is 6.07 Å². The molecule has 1 saturated heterocycles. The first kappa shape index (κ1) is 23.9. The van der Waals surface area contributed by atoms with Crippen molar-refractivity contribution >= 4 is 40.6 Å². The number of benzene rings is 1. The van der Waals surface area contributed by atoms with Crippen molar-refractivity contribution in [2.75, 3.05) is 18.1 Å². The Kier molecular flexibility index (Phi) is 7.46.